The molecule has 1 aromatic rings. The van der Waals surface area contributed by atoms with Crippen LogP contribution in [0.3, 0.4) is 0 Å². The van der Waals surface area contributed by atoms with Gasteiger partial charge in [-0.1, -0.05) is 43.2 Å². The van der Waals surface area contributed by atoms with E-state index >= 15 is 0 Å². The van der Waals surface area contributed by atoms with Crippen molar-refractivity contribution in [1.82, 2.24) is 10.3 Å². The molecule has 0 spiro atoms. The summed E-state index contributed by atoms with van der Waals surface area (Å²) < 4.78 is 0. The summed E-state index contributed by atoms with van der Waals surface area (Å²) in [7, 11) is 0. The zero-order chi connectivity index (χ0) is 13.5. The molecule has 19 heavy (non-hydrogen) atoms. The highest BCUT2D eigenvalue weighted by Gasteiger charge is 2.11. The highest BCUT2D eigenvalue weighted by atomic mass is 32.1. The third-order valence-corrected chi connectivity index (χ3v) is 3.75. The third kappa shape index (κ3) is 4.31. The minimum absolute atomic E-state index is 0.747. The summed E-state index contributed by atoms with van der Waals surface area (Å²) in [4.78, 5) is 2.23. The molecule has 1 aromatic carbocycles. The van der Waals surface area contributed by atoms with E-state index in [2.05, 4.69) is 27.6 Å². The Morgan fingerprint density at radius 1 is 1.11 bits per heavy atom. The van der Waals surface area contributed by atoms with Gasteiger partial charge >= 0.3 is 0 Å². The van der Waals surface area contributed by atoms with Crippen molar-refractivity contribution in [1.29, 1.82) is 0 Å². The fraction of sp³-hybridized carbons (Fsp3) is 0.467. The molecule has 1 heterocycles. The van der Waals surface area contributed by atoms with E-state index in [0.717, 1.165) is 29.5 Å². The van der Waals surface area contributed by atoms with E-state index in [1.807, 2.05) is 25.1 Å². The van der Waals surface area contributed by atoms with Crippen LogP contribution in [0.5, 0.6) is 0 Å². The van der Waals surface area contributed by atoms with Crippen molar-refractivity contribution in [3.8, 4) is 0 Å². The Morgan fingerprint density at radius 2 is 1.74 bits per heavy atom. The highest BCUT2D eigenvalue weighted by molar-refractivity contribution is 7.80. The predicted octanol–water partition coefficient (Wildman–Crippen LogP) is 3.16. The van der Waals surface area contributed by atoms with E-state index in [9.17, 15) is 0 Å². The summed E-state index contributed by atoms with van der Waals surface area (Å²) in [5.41, 5.74) is 5.10. The van der Waals surface area contributed by atoms with Gasteiger partial charge in [0.25, 0.3) is 0 Å². The quantitative estimate of drug-likeness (QED) is 0.510. The van der Waals surface area contributed by atoms with Gasteiger partial charge in [0.15, 0.2) is 5.11 Å². The number of thiocarbonyl (C=S) groups is 1. The molecule has 0 aromatic heterocycles. The summed E-state index contributed by atoms with van der Waals surface area (Å²) in [6, 6.07) is 10.1. The monoisotopic (exact) mass is 275 g/mol. The number of nitrogens with zero attached hydrogens (tertiary/aromatic N) is 2. The molecule has 0 saturated carbocycles. The van der Waals surface area contributed by atoms with Crippen LogP contribution in [-0.4, -0.2) is 28.8 Å². The zero-order valence-electron chi connectivity index (χ0n) is 11.4. The van der Waals surface area contributed by atoms with E-state index in [-0.39, 0.29) is 0 Å². The molecule has 1 aliphatic rings. The molecule has 1 fully saturated rings. The Bertz CT molecular complexity index is 434. The van der Waals surface area contributed by atoms with E-state index in [0.29, 0.717) is 0 Å². The second kappa shape index (κ2) is 7.24. The lowest BCUT2D eigenvalue weighted by Gasteiger charge is -2.22. The van der Waals surface area contributed by atoms with Crippen LogP contribution < -0.4 is 5.43 Å². The van der Waals surface area contributed by atoms with Crippen LogP contribution in [0.4, 0.5) is 0 Å². The summed E-state index contributed by atoms with van der Waals surface area (Å²) in [6.45, 7) is 4.09. The number of nitrogens with one attached hydrogen (secondary N) is 1. The lowest BCUT2D eigenvalue weighted by Crippen LogP contribution is -2.38. The van der Waals surface area contributed by atoms with Gasteiger partial charge < -0.3 is 4.90 Å². The molecule has 0 radical (unpaired) electrons. The van der Waals surface area contributed by atoms with Crippen LogP contribution in [-0.2, 0) is 0 Å². The molecule has 2 rings (SSSR count). The second-order valence-electron chi connectivity index (χ2n) is 4.88. The van der Waals surface area contributed by atoms with E-state index in [1.54, 1.807) is 0 Å². The van der Waals surface area contributed by atoms with Crippen LogP contribution in [0.1, 0.15) is 38.2 Å². The molecule has 0 amide bonds. The Labute approximate surface area is 120 Å². The number of hydrogen-bond acceptors (Lipinski definition) is 2. The van der Waals surface area contributed by atoms with Crippen molar-refractivity contribution < 1.29 is 0 Å². The first-order valence-corrected chi connectivity index (χ1v) is 7.33. The second-order valence-corrected chi connectivity index (χ2v) is 5.27. The first-order chi connectivity index (χ1) is 9.27. The molecule has 1 saturated heterocycles. The number of benzene rings is 1. The number of hydrazone groups is 1. The van der Waals surface area contributed by atoms with Crippen molar-refractivity contribution in [3.63, 3.8) is 0 Å². The van der Waals surface area contributed by atoms with Crippen LogP contribution in [0.15, 0.2) is 35.4 Å². The predicted molar refractivity (Wildman–Crippen MR) is 84.4 cm³/mol. The Hall–Kier alpha value is -1.42. The fourth-order valence-electron chi connectivity index (χ4n) is 2.22. The lowest BCUT2D eigenvalue weighted by molar-refractivity contribution is 0.428. The smallest absolute Gasteiger partial charge is 0.189 e. The summed E-state index contributed by atoms with van der Waals surface area (Å²) in [6.07, 6.45) is 5.07. The molecular formula is C15H21N3S. The highest BCUT2D eigenvalue weighted by Crippen LogP contribution is 2.09. The lowest BCUT2D eigenvalue weighted by atomic mass is 10.1. The molecular weight excluding hydrogens is 254 g/mol. The third-order valence-electron chi connectivity index (χ3n) is 3.40. The largest absolute Gasteiger partial charge is 0.348 e. The standard InChI is InChI=1S/C15H21N3S/c1-13(14-9-5-4-6-10-14)16-17-15(19)18-11-7-2-3-8-12-18/h4-6,9-10H,2-3,7-8,11-12H2,1H3,(H,17,19)/b16-13+. The first-order valence-electron chi connectivity index (χ1n) is 6.92. The Kier molecular flexibility index (Phi) is 5.33. The molecule has 1 N–H and O–H groups in total. The Balaban J connectivity index is 1.91. The average Bonchev–Trinajstić information content (AvgIpc) is 2.74. The van der Waals surface area contributed by atoms with Crippen molar-refractivity contribution in [3.05, 3.63) is 35.9 Å². The van der Waals surface area contributed by atoms with E-state index < -0.39 is 0 Å². The van der Waals surface area contributed by atoms with Gasteiger partial charge in [0.1, 0.15) is 0 Å². The average molecular weight is 275 g/mol. The minimum Gasteiger partial charge on any atom is -0.348 e. The summed E-state index contributed by atoms with van der Waals surface area (Å²) in [5, 5.41) is 5.13. The van der Waals surface area contributed by atoms with Crippen LogP contribution in [0.25, 0.3) is 0 Å². The maximum absolute atomic E-state index is 5.41. The van der Waals surface area contributed by atoms with Crippen molar-refractivity contribution in [2.45, 2.75) is 32.6 Å². The topological polar surface area (TPSA) is 27.6 Å². The number of likely N-dealkylation sites (tertiary alicyclic amines) is 1. The molecule has 0 unspecified atom stereocenters. The number of rotatable bonds is 2. The molecule has 0 atom stereocenters. The van der Waals surface area contributed by atoms with Crippen LogP contribution in [0.2, 0.25) is 0 Å². The van der Waals surface area contributed by atoms with Gasteiger partial charge in [-0.3, -0.25) is 5.43 Å². The normalized spacial score (nSPS) is 16.9. The van der Waals surface area contributed by atoms with Gasteiger partial charge in [-0.15, -0.1) is 0 Å². The van der Waals surface area contributed by atoms with E-state index in [4.69, 9.17) is 12.2 Å². The maximum Gasteiger partial charge on any atom is 0.189 e. The molecule has 102 valence electrons. The summed E-state index contributed by atoms with van der Waals surface area (Å²) in [5.74, 6) is 0. The molecule has 0 bridgehead atoms. The van der Waals surface area contributed by atoms with Gasteiger partial charge in [-0.2, -0.15) is 5.10 Å². The van der Waals surface area contributed by atoms with Crippen molar-refractivity contribution >= 4 is 23.0 Å². The molecule has 4 heteroatoms. The van der Waals surface area contributed by atoms with Gasteiger partial charge in [0.05, 0.1) is 5.71 Å². The minimum atomic E-state index is 0.747. The van der Waals surface area contributed by atoms with Crippen molar-refractivity contribution in [2.75, 3.05) is 13.1 Å². The molecule has 1 aliphatic heterocycles. The first kappa shape index (κ1) is 14.0. The zero-order valence-corrected chi connectivity index (χ0v) is 12.2. The fourth-order valence-corrected chi connectivity index (χ4v) is 2.45. The summed E-state index contributed by atoms with van der Waals surface area (Å²) >= 11 is 5.41. The SMILES string of the molecule is C/C(=N\NC(=S)N1CCCCCC1)c1ccccc1. The van der Waals surface area contributed by atoms with E-state index in [1.165, 1.54) is 25.7 Å². The Morgan fingerprint density at radius 3 is 2.37 bits per heavy atom. The molecule has 3 nitrogen and oxygen atoms in total. The van der Waals surface area contributed by atoms with Crippen LogP contribution >= 0.6 is 12.2 Å². The van der Waals surface area contributed by atoms with Gasteiger partial charge in [0, 0.05) is 13.1 Å². The maximum atomic E-state index is 5.41. The van der Waals surface area contributed by atoms with Crippen LogP contribution in [0, 0.1) is 0 Å². The number of hydrogen-bond donors (Lipinski definition) is 1. The van der Waals surface area contributed by atoms with Gasteiger partial charge in [-0.25, -0.2) is 0 Å². The van der Waals surface area contributed by atoms with Gasteiger partial charge in [0.2, 0.25) is 0 Å². The van der Waals surface area contributed by atoms with Gasteiger partial charge in [-0.05, 0) is 37.5 Å². The molecule has 0 aliphatic carbocycles. The van der Waals surface area contributed by atoms with Crippen molar-refractivity contribution in [2.24, 2.45) is 5.10 Å².